The molecule has 1 aliphatic heterocycles. The zero-order valence-electron chi connectivity index (χ0n) is 12.4. The van der Waals surface area contributed by atoms with Crippen molar-refractivity contribution in [1.82, 2.24) is 10.2 Å². The number of nitrogens with one attached hydrogen (secondary N) is 1. The van der Waals surface area contributed by atoms with Gasteiger partial charge in [-0.1, -0.05) is 0 Å². The van der Waals surface area contributed by atoms with Gasteiger partial charge in [-0.3, -0.25) is 0 Å². The van der Waals surface area contributed by atoms with Crippen molar-refractivity contribution < 1.29 is 14.6 Å². The molecule has 0 spiro atoms. The average molecular weight is 274 g/mol. The second-order valence-electron chi connectivity index (χ2n) is 5.36. The Morgan fingerprint density at radius 3 is 2.68 bits per heavy atom. The summed E-state index contributed by atoms with van der Waals surface area (Å²) in [6.45, 7) is 8.12. The first-order valence-corrected chi connectivity index (χ1v) is 7.44. The van der Waals surface area contributed by atoms with Crippen LogP contribution in [0.2, 0.25) is 0 Å². The Bertz CT molecular complexity index is 211. The molecule has 0 aromatic rings. The topological polar surface area (TPSA) is 54.0 Å². The number of hydrogen-bond acceptors (Lipinski definition) is 5. The highest BCUT2D eigenvalue weighted by Crippen LogP contribution is 2.06. The fraction of sp³-hybridized carbons (Fsp3) is 1.00. The summed E-state index contributed by atoms with van der Waals surface area (Å²) in [7, 11) is 1.65. The van der Waals surface area contributed by atoms with Crippen molar-refractivity contribution in [2.45, 2.75) is 38.4 Å². The molecule has 1 saturated heterocycles. The minimum atomic E-state index is -0.439. The molecule has 5 heteroatoms. The number of methoxy groups -OCH3 is 1. The third kappa shape index (κ3) is 8.55. The van der Waals surface area contributed by atoms with Crippen molar-refractivity contribution in [1.29, 1.82) is 0 Å². The Morgan fingerprint density at radius 1 is 1.26 bits per heavy atom. The predicted molar refractivity (Wildman–Crippen MR) is 76.5 cm³/mol. The monoisotopic (exact) mass is 274 g/mol. The zero-order chi connectivity index (χ0) is 13.9. The van der Waals surface area contributed by atoms with Crippen molar-refractivity contribution in [3.8, 4) is 0 Å². The maximum atomic E-state index is 9.74. The van der Waals surface area contributed by atoms with Crippen LogP contribution in [0.25, 0.3) is 0 Å². The van der Waals surface area contributed by atoms with Crippen LogP contribution in [0.1, 0.15) is 26.2 Å². The quantitative estimate of drug-likeness (QED) is 0.537. The van der Waals surface area contributed by atoms with E-state index >= 15 is 0 Å². The number of rotatable bonds is 11. The van der Waals surface area contributed by atoms with Gasteiger partial charge in [0.2, 0.25) is 0 Å². The van der Waals surface area contributed by atoms with Gasteiger partial charge in [0.25, 0.3) is 0 Å². The van der Waals surface area contributed by atoms with Crippen molar-refractivity contribution >= 4 is 0 Å². The van der Waals surface area contributed by atoms with Crippen LogP contribution < -0.4 is 5.32 Å². The molecule has 0 aromatic heterocycles. The summed E-state index contributed by atoms with van der Waals surface area (Å²) in [5.74, 6) is 0. The molecule has 0 amide bonds. The number of likely N-dealkylation sites (tertiary alicyclic amines) is 1. The molecule has 5 nitrogen and oxygen atoms in total. The molecule has 2 atom stereocenters. The number of nitrogens with zero attached hydrogens (tertiary/aromatic N) is 1. The van der Waals surface area contributed by atoms with Crippen molar-refractivity contribution in [2.75, 3.05) is 53.0 Å². The highest BCUT2D eigenvalue weighted by atomic mass is 16.5. The SMILES string of the molecule is COCC(C)OCC(O)CNCCCN1CCCC1. The molecule has 1 aliphatic rings. The predicted octanol–water partition coefficient (Wildman–Crippen LogP) is 0.474. The highest BCUT2D eigenvalue weighted by Gasteiger charge is 2.10. The second-order valence-corrected chi connectivity index (χ2v) is 5.36. The van der Waals surface area contributed by atoms with Gasteiger partial charge in [-0.25, -0.2) is 0 Å². The summed E-state index contributed by atoms with van der Waals surface area (Å²) >= 11 is 0. The molecule has 1 rings (SSSR count). The van der Waals surface area contributed by atoms with Gasteiger partial charge in [-0.15, -0.1) is 0 Å². The molecule has 19 heavy (non-hydrogen) atoms. The number of aliphatic hydroxyl groups excluding tert-OH is 1. The minimum absolute atomic E-state index is 0.0369. The minimum Gasteiger partial charge on any atom is -0.389 e. The van der Waals surface area contributed by atoms with Crippen LogP contribution in [0.4, 0.5) is 0 Å². The molecule has 0 saturated carbocycles. The molecule has 0 radical (unpaired) electrons. The molecule has 0 aliphatic carbocycles. The van der Waals surface area contributed by atoms with Crippen LogP contribution in [-0.4, -0.2) is 75.3 Å². The molecule has 0 bridgehead atoms. The van der Waals surface area contributed by atoms with E-state index in [0.717, 1.165) is 13.0 Å². The van der Waals surface area contributed by atoms with Gasteiger partial charge in [0.15, 0.2) is 0 Å². The van der Waals surface area contributed by atoms with Crippen molar-refractivity contribution in [2.24, 2.45) is 0 Å². The molecule has 1 fully saturated rings. The number of aliphatic hydroxyl groups is 1. The molecule has 114 valence electrons. The van der Waals surface area contributed by atoms with Crippen LogP contribution in [-0.2, 0) is 9.47 Å². The smallest absolute Gasteiger partial charge is 0.0897 e. The lowest BCUT2D eigenvalue weighted by atomic mass is 10.3. The van der Waals surface area contributed by atoms with Gasteiger partial charge in [0, 0.05) is 13.7 Å². The van der Waals surface area contributed by atoms with E-state index in [-0.39, 0.29) is 6.10 Å². The zero-order valence-corrected chi connectivity index (χ0v) is 12.4. The van der Waals surface area contributed by atoms with Gasteiger partial charge < -0.3 is 24.8 Å². The van der Waals surface area contributed by atoms with Gasteiger partial charge in [-0.05, 0) is 52.4 Å². The molecular weight excluding hydrogens is 244 g/mol. The maximum absolute atomic E-state index is 9.74. The summed E-state index contributed by atoms with van der Waals surface area (Å²) in [6, 6.07) is 0. The van der Waals surface area contributed by atoms with Gasteiger partial charge in [0.1, 0.15) is 0 Å². The summed E-state index contributed by atoms with van der Waals surface area (Å²) < 4.78 is 10.4. The molecule has 2 N–H and O–H groups in total. The van der Waals surface area contributed by atoms with E-state index in [2.05, 4.69) is 10.2 Å². The lowest BCUT2D eigenvalue weighted by molar-refractivity contribution is -0.0310. The van der Waals surface area contributed by atoms with Crippen LogP contribution >= 0.6 is 0 Å². The Labute approximate surface area is 117 Å². The van der Waals surface area contributed by atoms with E-state index in [1.807, 2.05) is 6.92 Å². The fourth-order valence-corrected chi connectivity index (χ4v) is 2.32. The standard InChI is InChI=1S/C14H30N2O3/c1-13(11-18-2)19-12-14(17)10-15-6-5-9-16-7-3-4-8-16/h13-15,17H,3-12H2,1-2H3. The third-order valence-corrected chi connectivity index (χ3v) is 3.38. The number of ether oxygens (including phenoxy) is 2. The Hall–Kier alpha value is -0.200. The first kappa shape index (κ1) is 16.9. The second kappa shape index (κ2) is 10.6. The fourth-order valence-electron chi connectivity index (χ4n) is 2.32. The van der Waals surface area contributed by atoms with Crippen LogP contribution in [0, 0.1) is 0 Å². The van der Waals surface area contributed by atoms with Crippen LogP contribution in [0.3, 0.4) is 0 Å². The Morgan fingerprint density at radius 2 is 2.00 bits per heavy atom. The maximum Gasteiger partial charge on any atom is 0.0897 e. The van der Waals surface area contributed by atoms with E-state index in [1.165, 1.54) is 32.5 Å². The van der Waals surface area contributed by atoms with Crippen molar-refractivity contribution in [3.63, 3.8) is 0 Å². The summed E-state index contributed by atoms with van der Waals surface area (Å²) in [5.41, 5.74) is 0. The lowest BCUT2D eigenvalue weighted by Gasteiger charge is -2.17. The Balaban J connectivity index is 1.87. The van der Waals surface area contributed by atoms with E-state index < -0.39 is 6.10 Å². The summed E-state index contributed by atoms with van der Waals surface area (Å²) in [5, 5.41) is 13.0. The van der Waals surface area contributed by atoms with Gasteiger partial charge >= 0.3 is 0 Å². The Kier molecular flexibility index (Phi) is 9.38. The lowest BCUT2D eigenvalue weighted by Crippen LogP contribution is -2.33. The molecular formula is C14H30N2O3. The first-order chi connectivity index (χ1) is 9.22. The summed E-state index contributed by atoms with van der Waals surface area (Å²) in [4.78, 5) is 2.51. The number of hydrogen-bond donors (Lipinski definition) is 2. The van der Waals surface area contributed by atoms with Crippen LogP contribution in [0.15, 0.2) is 0 Å². The molecule has 1 heterocycles. The molecule has 0 aromatic carbocycles. The first-order valence-electron chi connectivity index (χ1n) is 7.44. The van der Waals surface area contributed by atoms with Crippen LogP contribution in [0.5, 0.6) is 0 Å². The van der Waals surface area contributed by atoms with Gasteiger partial charge in [-0.2, -0.15) is 0 Å². The largest absolute Gasteiger partial charge is 0.389 e. The van der Waals surface area contributed by atoms with E-state index in [0.29, 0.717) is 19.8 Å². The average Bonchev–Trinajstić information content (AvgIpc) is 2.89. The van der Waals surface area contributed by atoms with Crippen molar-refractivity contribution in [3.05, 3.63) is 0 Å². The molecule has 2 unspecified atom stereocenters. The van der Waals surface area contributed by atoms with E-state index in [9.17, 15) is 5.11 Å². The highest BCUT2D eigenvalue weighted by molar-refractivity contribution is 4.67. The normalized spacial score (nSPS) is 19.7. The summed E-state index contributed by atoms with van der Waals surface area (Å²) in [6.07, 6.45) is 3.45. The van der Waals surface area contributed by atoms with Gasteiger partial charge in [0.05, 0.1) is 25.4 Å². The van der Waals surface area contributed by atoms with E-state index in [4.69, 9.17) is 9.47 Å². The third-order valence-electron chi connectivity index (χ3n) is 3.38. The van der Waals surface area contributed by atoms with E-state index in [1.54, 1.807) is 7.11 Å².